The lowest BCUT2D eigenvalue weighted by Gasteiger charge is -2.33. The van der Waals surface area contributed by atoms with Crippen molar-refractivity contribution in [3.63, 3.8) is 0 Å². The molecule has 1 saturated heterocycles. The standard InChI is InChI=1S/C29H40N6O5S/c1-5-33(6-2)29(37)21-13-10-16-34(18-21)41(38,39)22-14-15-24(40-7-3)23(17-22)26-31-28(36)25-19(4)30-27(35(25)32-26)20-11-8-9-12-20/h14-15,17,20-21H,5-13,16,18H2,1-4H3,(H,31,32,36). The van der Waals surface area contributed by atoms with E-state index in [1.54, 1.807) is 22.4 Å². The first-order chi connectivity index (χ1) is 19.7. The highest BCUT2D eigenvalue weighted by molar-refractivity contribution is 7.89. The maximum Gasteiger partial charge on any atom is 0.299 e. The second-order valence-electron chi connectivity index (χ2n) is 10.9. The van der Waals surface area contributed by atoms with Gasteiger partial charge in [0.15, 0.2) is 11.3 Å². The van der Waals surface area contributed by atoms with Crippen molar-refractivity contribution >= 4 is 21.4 Å². The van der Waals surface area contributed by atoms with Gasteiger partial charge in [0.1, 0.15) is 11.6 Å². The van der Waals surface area contributed by atoms with Gasteiger partial charge >= 0.3 is 0 Å². The quantitative estimate of drug-likeness (QED) is 0.406. The summed E-state index contributed by atoms with van der Waals surface area (Å²) in [5, 5.41) is 3.26. The normalized spacial score (nSPS) is 18.7. The Morgan fingerprint density at radius 1 is 1.10 bits per heavy atom. The molecule has 2 aromatic heterocycles. The monoisotopic (exact) mass is 584 g/mol. The first-order valence-corrected chi connectivity index (χ1v) is 16.2. The number of nitrogens with one attached hydrogen (secondary N) is 1. The van der Waals surface area contributed by atoms with E-state index in [2.05, 4.69) is 10.1 Å². The van der Waals surface area contributed by atoms with Crippen LogP contribution in [0.1, 0.15) is 76.7 Å². The first kappa shape index (κ1) is 29.2. The van der Waals surface area contributed by atoms with E-state index in [9.17, 15) is 18.0 Å². The molecule has 1 aliphatic heterocycles. The summed E-state index contributed by atoms with van der Waals surface area (Å²) >= 11 is 0. The summed E-state index contributed by atoms with van der Waals surface area (Å²) in [4.78, 5) is 37.1. The zero-order valence-electron chi connectivity index (χ0n) is 24.4. The summed E-state index contributed by atoms with van der Waals surface area (Å²) in [7, 11) is -3.93. The molecule has 1 N–H and O–H groups in total. The summed E-state index contributed by atoms with van der Waals surface area (Å²) in [6.45, 7) is 9.52. The summed E-state index contributed by atoms with van der Waals surface area (Å²) in [6, 6.07) is 4.64. The number of nitrogens with zero attached hydrogens (tertiary/aromatic N) is 5. The molecule has 3 aromatic rings. The molecule has 2 aliphatic rings. The Balaban J connectivity index is 1.55. The van der Waals surface area contributed by atoms with Crippen molar-refractivity contribution in [2.75, 3.05) is 32.8 Å². The van der Waals surface area contributed by atoms with Crippen LogP contribution in [0.25, 0.3) is 16.9 Å². The van der Waals surface area contributed by atoms with Crippen LogP contribution in [0.15, 0.2) is 27.9 Å². The highest BCUT2D eigenvalue weighted by Gasteiger charge is 2.35. The molecule has 2 fully saturated rings. The van der Waals surface area contributed by atoms with Gasteiger partial charge in [0.2, 0.25) is 15.9 Å². The molecule has 0 bridgehead atoms. The highest BCUT2D eigenvalue weighted by atomic mass is 32.2. The molecule has 1 saturated carbocycles. The van der Waals surface area contributed by atoms with Gasteiger partial charge in [0.05, 0.1) is 28.7 Å². The molecule has 1 aromatic carbocycles. The molecule has 0 radical (unpaired) electrons. The van der Waals surface area contributed by atoms with Crippen LogP contribution in [0.2, 0.25) is 0 Å². The van der Waals surface area contributed by atoms with Gasteiger partial charge in [0, 0.05) is 32.1 Å². The van der Waals surface area contributed by atoms with Gasteiger partial charge in [-0.3, -0.25) is 14.7 Å². The number of carbonyl (C=O) groups is 1. The SMILES string of the molecule is CCOc1ccc(S(=O)(=O)N2CCCC(C(=O)N(CC)CC)C2)cc1-c1nc(=O)c2c(C)nc(C3CCCC3)n2[nH]1. The highest BCUT2D eigenvalue weighted by Crippen LogP contribution is 2.35. The summed E-state index contributed by atoms with van der Waals surface area (Å²) < 4.78 is 36.7. The predicted octanol–water partition coefficient (Wildman–Crippen LogP) is 3.72. The van der Waals surface area contributed by atoms with Crippen molar-refractivity contribution in [1.29, 1.82) is 0 Å². The van der Waals surface area contributed by atoms with Crippen LogP contribution >= 0.6 is 0 Å². The Hall–Kier alpha value is -3.25. The van der Waals surface area contributed by atoms with Gasteiger partial charge in [-0.15, -0.1) is 0 Å². The third-order valence-corrected chi connectivity index (χ3v) is 10.2. The van der Waals surface area contributed by atoms with Crippen molar-refractivity contribution < 1.29 is 17.9 Å². The fraction of sp³-hybridized carbons (Fsp3) is 0.586. The number of sulfonamides is 1. The number of aromatic nitrogens is 4. The summed E-state index contributed by atoms with van der Waals surface area (Å²) in [6.07, 6.45) is 5.51. The number of aromatic amines is 1. The number of hydrogen-bond acceptors (Lipinski definition) is 7. The maximum absolute atomic E-state index is 13.9. The topological polar surface area (TPSA) is 130 Å². The van der Waals surface area contributed by atoms with Gasteiger partial charge in [-0.05, 0) is 71.6 Å². The number of ether oxygens (including phenoxy) is 1. The van der Waals surface area contributed by atoms with Crippen LogP contribution in [-0.4, -0.2) is 75.9 Å². The third kappa shape index (κ3) is 5.51. The Bertz CT molecular complexity index is 1590. The molecule has 11 nitrogen and oxygen atoms in total. The van der Waals surface area contributed by atoms with Crippen LogP contribution < -0.4 is 10.3 Å². The van der Waals surface area contributed by atoms with Gasteiger partial charge in [-0.2, -0.15) is 9.29 Å². The molecule has 3 heterocycles. The van der Waals surface area contributed by atoms with Gasteiger partial charge in [-0.1, -0.05) is 12.8 Å². The summed E-state index contributed by atoms with van der Waals surface area (Å²) in [5.74, 6) is 1.29. The average molecular weight is 585 g/mol. The van der Waals surface area contributed by atoms with E-state index in [0.717, 1.165) is 31.5 Å². The predicted molar refractivity (Wildman–Crippen MR) is 156 cm³/mol. The fourth-order valence-electron chi connectivity index (χ4n) is 6.22. The number of fused-ring (bicyclic) bond motifs is 1. The van der Waals surface area contributed by atoms with E-state index in [1.807, 2.05) is 20.8 Å². The van der Waals surface area contributed by atoms with Crippen molar-refractivity contribution in [2.24, 2.45) is 5.92 Å². The zero-order chi connectivity index (χ0) is 29.3. The molecule has 1 atom stereocenters. The third-order valence-electron chi connectivity index (χ3n) is 8.38. The largest absolute Gasteiger partial charge is 0.493 e. The number of hydrogen-bond donors (Lipinski definition) is 1. The van der Waals surface area contributed by atoms with E-state index >= 15 is 0 Å². The molecule has 0 spiro atoms. The Kier molecular flexibility index (Phi) is 8.51. The van der Waals surface area contributed by atoms with Crippen LogP contribution in [0.4, 0.5) is 0 Å². The second kappa shape index (κ2) is 11.9. The molecule has 5 rings (SSSR count). The summed E-state index contributed by atoms with van der Waals surface area (Å²) in [5.41, 5.74) is 0.961. The van der Waals surface area contributed by atoms with E-state index in [4.69, 9.17) is 9.72 Å². The van der Waals surface area contributed by atoms with Gasteiger partial charge < -0.3 is 9.64 Å². The molecule has 1 unspecified atom stereocenters. The molecular weight excluding hydrogens is 544 g/mol. The maximum atomic E-state index is 13.9. The molecule has 1 aliphatic carbocycles. The number of rotatable bonds is 9. The molecule has 222 valence electrons. The van der Waals surface area contributed by atoms with Crippen LogP contribution in [0.5, 0.6) is 5.75 Å². The Morgan fingerprint density at radius 2 is 1.83 bits per heavy atom. The van der Waals surface area contributed by atoms with E-state index in [-0.39, 0.29) is 35.0 Å². The number of amides is 1. The van der Waals surface area contributed by atoms with Crippen molar-refractivity contribution in [2.45, 2.75) is 77.0 Å². The minimum atomic E-state index is -3.93. The molecule has 12 heteroatoms. The minimum Gasteiger partial charge on any atom is -0.493 e. The van der Waals surface area contributed by atoms with Crippen molar-refractivity contribution in [3.05, 3.63) is 40.1 Å². The zero-order valence-corrected chi connectivity index (χ0v) is 25.2. The van der Waals surface area contributed by atoms with E-state index in [0.29, 0.717) is 61.6 Å². The van der Waals surface area contributed by atoms with E-state index < -0.39 is 15.6 Å². The number of imidazole rings is 1. The van der Waals surface area contributed by atoms with Crippen LogP contribution in [0.3, 0.4) is 0 Å². The number of H-pyrrole nitrogens is 1. The second-order valence-corrected chi connectivity index (χ2v) is 12.8. The Morgan fingerprint density at radius 3 is 2.51 bits per heavy atom. The minimum absolute atomic E-state index is 0.00828. The van der Waals surface area contributed by atoms with Crippen LogP contribution in [0, 0.1) is 12.8 Å². The van der Waals surface area contributed by atoms with E-state index in [1.165, 1.54) is 16.4 Å². The molecule has 41 heavy (non-hydrogen) atoms. The number of carbonyl (C=O) groups excluding carboxylic acids is 1. The lowest BCUT2D eigenvalue weighted by Crippen LogP contribution is -2.46. The fourth-order valence-corrected chi connectivity index (χ4v) is 7.77. The number of piperidine rings is 1. The van der Waals surface area contributed by atoms with Gasteiger partial charge in [-0.25, -0.2) is 17.9 Å². The lowest BCUT2D eigenvalue weighted by atomic mass is 9.98. The average Bonchev–Trinajstić information content (AvgIpc) is 3.62. The van der Waals surface area contributed by atoms with Crippen molar-refractivity contribution in [1.82, 2.24) is 28.8 Å². The van der Waals surface area contributed by atoms with Gasteiger partial charge in [0.25, 0.3) is 5.56 Å². The molecule has 1 amide bonds. The lowest BCUT2D eigenvalue weighted by molar-refractivity contribution is -0.136. The first-order valence-electron chi connectivity index (χ1n) is 14.7. The molecular formula is C29H40N6O5S. The van der Waals surface area contributed by atoms with Crippen LogP contribution in [-0.2, 0) is 14.8 Å². The number of benzene rings is 1. The Labute approximate surface area is 241 Å². The van der Waals surface area contributed by atoms with Crippen molar-refractivity contribution in [3.8, 4) is 17.1 Å². The smallest absolute Gasteiger partial charge is 0.299 e. The number of aryl methyl sites for hydroxylation is 1.